The van der Waals surface area contributed by atoms with E-state index >= 15 is 0 Å². The van der Waals surface area contributed by atoms with Gasteiger partial charge in [-0.05, 0) is 30.0 Å². The van der Waals surface area contributed by atoms with E-state index in [2.05, 4.69) is 23.8 Å². The third-order valence-corrected chi connectivity index (χ3v) is 4.32. The molecule has 3 aromatic rings. The number of aromatic nitrogens is 3. The Labute approximate surface area is 144 Å². The Balaban J connectivity index is 2.22. The van der Waals surface area contributed by atoms with Gasteiger partial charge in [0.05, 0.1) is 29.5 Å². The minimum atomic E-state index is -0.304. The molecule has 3 rings (SSSR count). The lowest BCUT2D eigenvalue weighted by molar-refractivity contribution is 0.211. The molecule has 24 heavy (non-hydrogen) atoms. The summed E-state index contributed by atoms with van der Waals surface area (Å²) in [6, 6.07) is 6.05. The Hall–Kier alpha value is -1.98. The molecule has 0 aliphatic rings. The summed E-state index contributed by atoms with van der Waals surface area (Å²) in [5.41, 5.74) is 2.85. The predicted octanol–water partition coefficient (Wildman–Crippen LogP) is 4.47. The van der Waals surface area contributed by atoms with Crippen molar-refractivity contribution >= 4 is 22.8 Å². The van der Waals surface area contributed by atoms with E-state index in [1.807, 2.05) is 4.57 Å². The molecule has 1 unspecified atom stereocenters. The van der Waals surface area contributed by atoms with Crippen molar-refractivity contribution in [3.8, 4) is 11.1 Å². The first kappa shape index (κ1) is 16.9. The molecule has 0 radical (unpaired) electrons. The Morgan fingerprint density at radius 3 is 2.54 bits per heavy atom. The number of hydrogen-bond acceptors (Lipinski definition) is 3. The average molecular weight is 348 g/mol. The molecule has 0 amide bonds. The van der Waals surface area contributed by atoms with Gasteiger partial charge >= 0.3 is 0 Å². The van der Waals surface area contributed by atoms with E-state index in [1.54, 1.807) is 24.7 Å². The van der Waals surface area contributed by atoms with Crippen LogP contribution in [0.25, 0.3) is 22.3 Å². The summed E-state index contributed by atoms with van der Waals surface area (Å²) in [6.45, 7) is 4.21. The number of aliphatic hydroxyl groups is 1. The van der Waals surface area contributed by atoms with Gasteiger partial charge in [-0.1, -0.05) is 37.6 Å². The molecule has 0 saturated heterocycles. The van der Waals surface area contributed by atoms with Gasteiger partial charge in [0.2, 0.25) is 0 Å². The fourth-order valence-electron chi connectivity index (χ4n) is 2.97. The second-order valence-electron chi connectivity index (χ2n) is 6.28. The van der Waals surface area contributed by atoms with Gasteiger partial charge in [0.15, 0.2) is 5.65 Å². The summed E-state index contributed by atoms with van der Waals surface area (Å²) in [5, 5.41) is 10.3. The van der Waals surface area contributed by atoms with E-state index in [9.17, 15) is 9.50 Å². The van der Waals surface area contributed by atoms with Crippen LogP contribution in [0.1, 0.15) is 26.3 Å². The van der Waals surface area contributed by atoms with Crippen LogP contribution in [0.3, 0.4) is 0 Å². The predicted molar refractivity (Wildman–Crippen MR) is 93.5 cm³/mol. The van der Waals surface area contributed by atoms with Gasteiger partial charge < -0.3 is 9.67 Å². The van der Waals surface area contributed by atoms with Crippen LogP contribution < -0.4 is 0 Å². The first-order valence-electron chi connectivity index (χ1n) is 7.89. The number of pyridine rings is 1. The molecule has 0 spiro atoms. The van der Waals surface area contributed by atoms with Crippen LogP contribution in [0.5, 0.6) is 0 Å². The second kappa shape index (κ2) is 6.87. The SMILES string of the molecule is CC(C)CC(CO)n1cnc2ncc(Cl)c(-c3ccc(F)cc3)c21. The Morgan fingerprint density at radius 1 is 1.21 bits per heavy atom. The van der Waals surface area contributed by atoms with Crippen LogP contribution in [0, 0.1) is 11.7 Å². The number of benzene rings is 1. The van der Waals surface area contributed by atoms with Crippen LogP contribution in [0.15, 0.2) is 36.8 Å². The monoisotopic (exact) mass is 347 g/mol. The van der Waals surface area contributed by atoms with Gasteiger partial charge in [0.1, 0.15) is 5.82 Å². The van der Waals surface area contributed by atoms with E-state index in [0.717, 1.165) is 23.1 Å². The van der Waals surface area contributed by atoms with Gasteiger partial charge in [-0.15, -0.1) is 0 Å². The van der Waals surface area contributed by atoms with Crippen molar-refractivity contribution in [2.24, 2.45) is 5.92 Å². The molecule has 1 aromatic carbocycles. The molecular weight excluding hydrogens is 329 g/mol. The molecule has 0 saturated carbocycles. The topological polar surface area (TPSA) is 50.9 Å². The van der Waals surface area contributed by atoms with Crippen molar-refractivity contribution < 1.29 is 9.50 Å². The summed E-state index contributed by atoms with van der Waals surface area (Å²) in [4.78, 5) is 8.63. The third-order valence-electron chi connectivity index (χ3n) is 4.03. The van der Waals surface area contributed by atoms with E-state index < -0.39 is 0 Å². The summed E-state index contributed by atoms with van der Waals surface area (Å²) in [7, 11) is 0. The van der Waals surface area contributed by atoms with Gasteiger partial charge in [-0.3, -0.25) is 0 Å². The quantitative estimate of drug-likeness (QED) is 0.740. The zero-order valence-electron chi connectivity index (χ0n) is 13.6. The highest BCUT2D eigenvalue weighted by molar-refractivity contribution is 6.34. The zero-order chi connectivity index (χ0) is 17.3. The lowest BCUT2D eigenvalue weighted by Crippen LogP contribution is -2.15. The van der Waals surface area contributed by atoms with Crippen LogP contribution in [0.4, 0.5) is 4.39 Å². The molecule has 126 valence electrons. The molecule has 6 heteroatoms. The van der Waals surface area contributed by atoms with Gasteiger partial charge in [-0.2, -0.15) is 0 Å². The Kier molecular flexibility index (Phi) is 4.83. The minimum absolute atomic E-state index is 0.000981. The maximum Gasteiger partial charge on any atom is 0.178 e. The molecule has 1 N–H and O–H groups in total. The molecule has 2 heterocycles. The maximum absolute atomic E-state index is 13.3. The normalized spacial score (nSPS) is 12.9. The fourth-order valence-corrected chi connectivity index (χ4v) is 3.22. The number of aliphatic hydroxyl groups excluding tert-OH is 1. The summed E-state index contributed by atoms with van der Waals surface area (Å²) in [5.74, 6) is 0.114. The molecule has 1 atom stereocenters. The number of fused-ring (bicyclic) bond motifs is 1. The maximum atomic E-state index is 13.3. The first-order chi connectivity index (χ1) is 11.5. The van der Waals surface area contributed by atoms with Crippen molar-refractivity contribution in [1.82, 2.24) is 14.5 Å². The average Bonchev–Trinajstić information content (AvgIpc) is 2.97. The van der Waals surface area contributed by atoms with Crippen molar-refractivity contribution in [3.63, 3.8) is 0 Å². The number of halogens is 2. The van der Waals surface area contributed by atoms with Crippen molar-refractivity contribution in [2.75, 3.05) is 6.61 Å². The molecule has 4 nitrogen and oxygen atoms in total. The minimum Gasteiger partial charge on any atom is -0.394 e. The first-order valence-corrected chi connectivity index (χ1v) is 8.27. The zero-order valence-corrected chi connectivity index (χ0v) is 14.3. The third kappa shape index (κ3) is 3.14. The van der Waals surface area contributed by atoms with Crippen LogP contribution in [-0.2, 0) is 0 Å². The highest BCUT2D eigenvalue weighted by Crippen LogP contribution is 2.35. The lowest BCUT2D eigenvalue weighted by atomic mass is 10.0. The standard InChI is InChI=1S/C18H19ClFN3O/c1-11(2)7-14(9-24)23-10-22-18-17(23)16(15(19)8-21-18)12-3-5-13(20)6-4-12/h3-6,8,10-11,14,24H,7,9H2,1-2H3. The molecule has 2 aromatic heterocycles. The molecule has 0 bridgehead atoms. The Morgan fingerprint density at radius 2 is 1.92 bits per heavy atom. The number of rotatable bonds is 5. The molecule has 0 aliphatic heterocycles. The lowest BCUT2D eigenvalue weighted by Gasteiger charge is -2.20. The molecule has 0 fully saturated rings. The number of nitrogens with zero attached hydrogens (tertiary/aromatic N) is 3. The van der Waals surface area contributed by atoms with Crippen LogP contribution in [0.2, 0.25) is 5.02 Å². The van der Waals surface area contributed by atoms with Crippen LogP contribution in [-0.4, -0.2) is 26.2 Å². The van der Waals surface area contributed by atoms with E-state index in [4.69, 9.17) is 11.6 Å². The number of imidazole rings is 1. The van der Waals surface area contributed by atoms with Crippen molar-refractivity contribution in [1.29, 1.82) is 0 Å². The summed E-state index contributed by atoms with van der Waals surface area (Å²) >= 11 is 6.40. The smallest absolute Gasteiger partial charge is 0.178 e. The molecular formula is C18H19ClFN3O. The van der Waals surface area contributed by atoms with Gasteiger partial charge in [-0.25, -0.2) is 14.4 Å². The van der Waals surface area contributed by atoms with E-state index in [0.29, 0.717) is 16.6 Å². The van der Waals surface area contributed by atoms with Gasteiger partial charge in [0, 0.05) is 11.8 Å². The highest BCUT2D eigenvalue weighted by atomic mass is 35.5. The fraction of sp³-hybridized carbons (Fsp3) is 0.333. The van der Waals surface area contributed by atoms with E-state index in [-0.39, 0.29) is 18.5 Å². The van der Waals surface area contributed by atoms with Crippen LogP contribution >= 0.6 is 11.6 Å². The Bertz CT molecular complexity index is 845. The van der Waals surface area contributed by atoms with Crippen molar-refractivity contribution in [2.45, 2.75) is 26.3 Å². The van der Waals surface area contributed by atoms with E-state index in [1.165, 1.54) is 12.1 Å². The largest absolute Gasteiger partial charge is 0.394 e. The van der Waals surface area contributed by atoms with Crippen molar-refractivity contribution in [3.05, 3.63) is 47.6 Å². The second-order valence-corrected chi connectivity index (χ2v) is 6.69. The number of hydrogen-bond donors (Lipinski definition) is 1. The summed E-state index contributed by atoms with van der Waals surface area (Å²) < 4.78 is 15.2. The van der Waals surface area contributed by atoms with Gasteiger partial charge in [0.25, 0.3) is 0 Å². The molecule has 0 aliphatic carbocycles. The summed E-state index contributed by atoms with van der Waals surface area (Å²) in [6.07, 6.45) is 4.04. The highest BCUT2D eigenvalue weighted by Gasteiger charge is 2.20.